The first-order valence-electron chi connectivity index (χ1n) is 10.3. The number of hydrogen-bond donors (Lipinski definition) is 1. The molecule has 1 fully saturated rings. The molecule has 32 heavy (non-hydrogen) atoms. The van der Waals surface area contributed by atoms with Crippen molar-refractivity contribution in [1.29, 1.82) is 0 Å². The molecule has 0 bridgehead atoms. The van der Waals surface area contributed by atoms with Crippen molar-refractivity contribution >= 4 is 31.6 Å². The molecular formula is C21H27N3O6S2. The Bertz CT molecular complexity index is 1130. The molecule has 1 heterocycles. The average Bonchev–Trinajstić information content (AvgIpc) is 2.80. The molecule has 1 amide bonds. The Hall–Kier alpha value is -2.47. The Morgan fingerprint density at radius 1 is 1.03 bits per heavy atom. The number of benzene rings is 2. The molecule has 1 saturated heterocycles. The van der Waals surface area contributed by atoms with Gasteiger partial charge in [-0.25, -0.2) is 16.8 Å². The Labute approximate surface area is 189 Å². The fourth-order valence-electron chi connectivity index (χ4n) is 3.36. The van der Waals surface area contributed by atoms with Crippen molar-refractivity contribution in [3.63, 3.8) is 0 Å². The number of carbonyl (C=O) groups is 1. The SMILES string of the molecule is CCN(c1ccccc1)S(=O)(=O)c1cccc(C(=O)NCCS(=O)(=O)N2CCOCC2)c1. The molecular weight excluding hydrogens is 454 g/mol. The molecule has 0 atom stereocenters. The fourth-order valence-corrected chi connectivity index (χ4v) is 6.20. The van der Waals surface area contributed by atoms with Gasteiger partial charge in [0.15, 0.2) is 0 Å². The maximum absolute atomic E-state index is 13.2. The van der Waals surface area contributed by atoms with E-state index in [0.29, 0.717) is 32.0 Å². The zero-order valence-electron chi connectivity index (χ0n) is 17.8. The zero-order chi connectivity index (χ0) is 23.2. The van der Waals surface area contributed by atoms with Crippen LogP contribution in [0.1, 0.15) is 17.3 Å². The second-order valence-corrected chi connectivity index (χ2v) is 11.1. The van der Waals surface area contributed by atoms with Gasteiger partial charge in [0.25, 0.3) is 15.9 Å². The molecule has 2 aromatic carbocycles. The number of hydrogen-bond acceptors (Lipinski definition) is 6. The molecule has 1 aliphatic rings. The van der Waals surface area contributed by atoms with Crippen molar-refractivity contribution in [1.82, 2.24) is 9.62 Å². The van der Waals surface area contributed by atoms with Gasteiger partial charge < -0.3 is 10.1 Å². The monoisotopic (exact) mass is 481 g/mol. The van der Waals surface area contributed by atoms with E-state index in [9.17, 15) is 21.6 Å². The third kappa shape index (κ3) is 5.66. The van der Waals surface area contributed by atoms with Crippen LogP contribution in [0.25, 0.3) is 0 Å². The zero-order valence-corrected chi connectivity index (χ0v) is 19.4. The molecule has 174 valence electrons. The summed E-state index contributed by atoms with van der Waals surface area (Å²) in [5, 5.41) is 2.56. The highest BCUT2D eigenvalue weighted by molar-refractivity contribution is 7.92. The summed E-state index contributed by atoms with van der Waals surface area (Å²) in [6.45, 7) is 3.17. The van der Waals surface area contributed by atoms with E-state index in [1.165, 1.54) is 32.9 Å². The van der Waals surface area contributed by atoms with Crippen molar-refractivity contribution in [3.05, 3.63) is 60.2 Å². The third-order valence-electron chi connectivity index (χ3n) is 5.02. The third-order valence-corrected chi connectivity index (χ3v) is 8.80. The molecule has 1 aliphatic heterocycles. The fraction of sp³-hybridized carbons (Fsp3) is 0.381. The maximum atomic E-state index is 13.2. The average molecular weight is 482 g/mol. The summed E-state index contributed by atoms with van der Waals surface area (Å²) >= 11 is 0. The summed E-state index contributed by atoms with van der Waals surface area (Å²) in [6, 6.07) is 14.4. The van der Waals surface area contributed by atoms with E-state index in [2.05, 4.69) is 5.32 Å². The molecule has 9 nitrogen and oxygen atoms in total. The summed E-state index contributed by atoms with van der Waals surface area (Å²) in [4.78, 5) is 12.5. The summed E-state index contributed by atoms with van der Waals surface area (Å²) in [5.74, 6) is -0.782. The van der Waals surface area contributed by atoms with Gasteiger partial charge in [0, 0.05) is 31.7 Å². The highest BCUT2D eigenvalue weighted by atomic mass is 32.2. The second-order valence-electron chi connectivity index (χ2n) is 7.12. The van der Waals surface area contributed by atoms with Gasteiger partial charge in [0.2, 0.25) is 10.0 Å². The number of amides is 1. The minimum absolute atomic E-state index is 0.0169. The first kappa shape index (κ1) is 24.2. The van der Waals surface area contributed by atoms with Gasteiger partial charge in [0.1, 0.15) is 0 Å². The van der Waals surface area contributed by atoms with Gasteiger partial charge in [-0.3, -0.25) is 9.10 Å². The Balaban J connectivity index is 1.69. The topological polar surface area (TPSA) is 113 Å². The van der Waals surface area contributed by atoms with E-state index < -0.39 is 26.0 Å². The van der Waals surface area contributed by atoms with Gasteiger partial charge in [-0.15, -0.1) is 0 Å². The first-order chi connectivity index (χ1) is 15.3. The van der Waals surface area contributed by atoms with E-state index in [4.69, 9.17) is 4.74 Å². The quantitative estimate of drug-likeness (QED) is 0.578. The largest absolute Gasteiger partial charge is 0.379 e. The highest BCUT2D eigenvalue weighted by Crippen LogP contribution is 2.23. The van der Waals surface area contributed by atoms with Gasteiger partial charge in [-0.05, 0) is 37.3 Å². The smallest absolute Gasteiger partial charge is 0.264 e. The number of ether oxygens (including phenoxy) is 1. The van der Waals surface area contributed by atoms with E-state index >= 15 is 0 Å². The van der Waals surface area contributed by atoms with Gasteiger partial charge >= 0.3 is 0 Å². The normalized spacial score (nSPS) is 15.3. The molecule has 11 heteroatoms. The predicted molar refractivity (Wildman–Crippen MR) is 122 cm³/mol. The number of rotatable bonds is 9. The van der Waals surface area contributed by atoms with Crippen molar-refractivity contribution in [2.75, 3.05) is 49.5 Å². The predicted octanol–water partition coefficient (Wildman–Crippen LogP) is 1.29. The van der Waals surface area contributed by atoms with Gasteiger partial charge in [-0.2, -0.15) is 4.31 Å². The van der Waals surface area contributed by atoms with Crippen LogP contribution in [-0.4, -0.2) is 72.2 Å². The number of anilines is 1. The minimum Gasteiger partial charge on any atom is -0.379 e. The minimum atomic E-state index is -3.88. The number of sulfonamides is 2. The standard InChI is InChI=1S/C21H27N3O6S2/c1-2-24(19-8-4-3-5-9-19)32(28,29)20-10-6-7-18(17-20)21(25)22-11-16-31(26,27)23-12-14-30-15-13-23/h3-10,17H,2,11-16H2,1H3,(H,22,25). The summed E-state index contributed by atoms with van der Waals surface area (Å²) in [6.07, 6.45) is 0. The van der Waals surface area contributed by atoms with Crippen LogP contribution in [0.5, 0.6) is 0 Å². The van der Waals surface area contributed by atoms with E-state index in [1.807, 2.05) is 0 Å². The van der Waals surface area contributed by atoms with Crippen molar-refractivity contribution in [2.24, 2.45) is 0 Å². The Morgan fingerprint density at radius 3 is 2.38 bits per heavy atom. The van der Waals surface area contributed by atoms with Gasteiger partial charge in [-0.1, -0.05) is 24.3 Å². The first-order valence-corrected chi connectivity index (χ1v) is 13.3. The van der Waals surface area contributed by atoms with Crippen molar-refractivity contribution < 1.29 is 26.4 Å². The molecule has 3 rings (SSSR count). The molecule has 0 radical (unpaired) electrons. The molecule has 2 aromatic rings. The summed E-state index contributed by atoms with van der Waals surface area (Å²) < 4.78 is 58.8. The van der Waals surface area contributed by atoms with Crippen LogP contribution in [0, 0.1) is 0 Å². The molecule has 0 unspecified atom stereocenters. The van der Waals surface area contributed by atoms with E-state index in [1.54, 1.807) is 37.3 Å². The van der Waals surface area contributed by atoms with E-state index in [-0.39, 0.29) is 29.3 Å². The van der Waals surface area contributed by atoms with Crippen LogP contribution in [-0.2, 0) is 24.8 Å². The number of nitrogens with one attached hydrogen (secondary N) is 1. The number of para-hydroxylation sites is 1. The summed E-state index contributed by atoms with van der Waals surface area (Å²) in [7, 11) is -7.38. The lowest BCUT2D eigenvalue weighted by atomic mass is 10.2. The van der Waals surface area contributed by atoms with Gasteiger partial charge in [0.05, 0.1) is 29.5 Å². The van der Waals surface area contributed by atoms with Crippen LogP contribution in [0.3, 0.4) is 0 Å². The lowest BCUT2D eigenvalue weighted by molar-refractivity contribution is 0.0730. The molecule has 0 aliphatic carbocycles. The highest BCUT2D eigenvalue weighted by Gasteiger charge is 2.26. The van der Waals surface area contributed by atoms with Crippen molar-refractivity contribution in [3.8, 4) is 0 Å². The molecule has 0 spiro atoms. The van der Waals surface area contributed by atoms with E-state index in [0.717, 1.165) is 0 Å². The van der Waals surface area contributed by atoms with Crippen LogP contribution in [0.2, 0.25) is 0 Å². The molecule has 0 aromatic heterocycles. The lowest BCUT2D eigenvalue weighted by Crippen LogP contribution is -2.43. The summed E-state index contributed by atoms with van der Waals surface area (Å²) in [5.41, 5.74) is 0.664. The van der Waals surface area contributed by atoms with Crippen LogP contribution in [0.15, 0.2) is 59.5 Å². The molecule has 1 N–H and O–H groups in total. The number of carbonyl (C=O) groups excluding carboxylic acids is 1. The Morgan fingerprint density at radius 2 is 1.72 bits per heavy atom. The number of morpholine rings is 1. The lowest BCUT2D eigenvalue weighted by Gasteiger charge is -2.26. The van der Waals surface area contributed by atoms with Crippen molar-refractivity contribution in [2.45, 2.75) is 11.8 Å². The Kier molecular flexibility index (Phi) is 7.88. The second kappa shape index (κ2) is 10.4. The number of nitrogens with zero attached hydrogens (tertiary/aromatic N) is 2. The molecule has 0 saturated carbocycles. The van der Waals surface area contributed by atoms with Crippen LogP contribution < -0.4 is 9.62 Å². The van der Waals surface area contributed by atoms with Crippen LogP contribution in [0.4, 0.5) is 5.69 Å². The maximum Gasteiger partial charge on any atom is 0.264 e. The van der Waals surface area contributed by atoms with Crippen LogP contribution >= 0.6 is 0 Å².